The fourth-order valence-corrected chi connectivity index (χ4v) is 3.11. The summed E-state index contributed by atoms with van der Waals surface area (Å²) < 4.78 is 5.85. The maximum Gasteiger partial charge on any atom is 0.289 e. The van der Waals surface area contributed by atoms with Crippen molar-refractivity contribution >= 4 is 29.4 Å². The van der Waals surface area contributed by atoms with Gasteiger partial charge in [-0.2, -0.15) is 10.2 Å². The van der Waals surface area contributed by atoms with Gasteiger partial charge in [-0.1, -0.05) is 35.9 Å². The summed E-state index contributed by atoms with van der Waals surface area (Å²) in [6.07, 6.45) is 1.39. The molecule has 2 N–H and O–H groups in total. The molecule has 0 bridgehead atoms. The van der Waals surface area contributed by atoms with Gasteiger partial charge in [-0.25, -0.2) is 5.43 Å². The number of amides is 1. The van der Waals surface area contributed by atoms with Crippen LogP contribution in [-0.2, 0) is 6.61 Å². The minimum atomic E-state index is -0.486. The van der Waals surface area contributed by atoms with E-state index >= 15 is 0 Å². The first-order chi connectivity index (χ1) is 16.5. The predicted molar refractivity (Wildman–Crippen MR) is 128 cm³/mol. The number of carbonyl (C=O) groups excluding carboxylic acids is 1. The first-order valence-electron chi connectivity index (χ1n) is 10.1. The van der Waals surface area contributed by atoms with E-state index in [4.69, 9.17) is 16.3 Å². The minimum absolute atomic E-state index is 0.0226. The number of carbonyl (C=O) groups is 1. The molecule has 0 saturated carbocycles. The maximum atomic E-state index is 12.4. The van der Waals surface area contributed by atoms with Gasteiger partial charge < -0.3 is 4.74 Å². The number of benzene rings is 3. The lowest BCUT2D eigenvalue weighted by molar-refractivity contribution is -0.384. The number of halogens is 1. The Balaban J connectivity index is 1.36. The van der Waals surface area contributed by atoms with E-state index in [9.17, 15) is 14.9 Å². The number of rotatable bonds is 8. The van der Waals surface area contributed by atoms with Gasteiger partial charge in [-0.15, -0.1) is 0 Å². The number of non-ortho nitro benzene ring substituents is 1. The van der Waals surface area contributed by atoms with Crippen molar-refractivity contribution in [3.05, 3.63) is 111 Å². The molecule has 0 spiro atoms. The Morgan fingerprint density at radius 2 is 1.88 bits per heavy atom. The average molecular weight is 476 g/mol. The summed E-state index contributed by atoms with van der Waals surface area (Å²) in [5.41, 5.74) is 5.54. The summed E-state index contributed by atoms with van der Waals surface area (Å²) in [6.45, 7) is 0.390. The largest absolute Gasteiger partial charge is 0.489 e. The van der Waals surface area contributed by atoms with Gasteiger partial charge in [0.25, 0.3) is 11.6 Å². The number of nitrogens with zero attached hydrogens (tertiary/aromatic N) is 3. The molecule has 10 heteroatoms. The molecule has 0 aliphatic heterocycles. The van der Waals surface area contributed by atoms with Crippen molar-refractivity contribution < 1.29 is 14.5 Å². The smallest absolute Gasteiger partial charge is 0.289 e. The molecule has 0 aliphatic rings. The van der Waals surface area contributed by atoms with Crippen molar-refractivity contribution in [3.63, 3.8) is 0 Å². The van der Waals surface area contributed by atoms with Gasteiger partial charge in [-0.05, 0) is 53.6 Å². The van der Waals surface area contributed by atoms with E-state index in [0.717, 1.165) is 11.1 Å². The van der Waals surface area contributed by atoms with Gasteiger partial charge in [0.05, 0.1) is 16.8 Å². The number of hydrogen-bond acceptors (Lipinski definition) is 6. The van der Waals surface area contributed by atoms with Gasteiger partial charge in [0.2, 0.25) is 0 Å². The molecule has 9 nitrogen and oxygen atoms in total. The van der Waals surface area contributed by atoms with E-state index in [1.165, 1.54) is 30.5 Å². The number of ether oxygens (including phenoxy) is 1. The van der Waals surface area contributed by atoms with E-state index < -0.39 is 10.8 Å². The summed E-state index contributed by atoms with van der Waals surface area (Å²) in [5, 5.41) is 22.1. The zero-order chi connectivity index (χ0) is 23.9. The molecule has 0 unspecified atom stereocenters. The van der Waals surface area contributed by atoms with E-state index in [2.05, 4.69) is 20.7 Å². The molecule has 4 rings (SSSR count). The molecule has 0 fully saturated rings. The first kappa shape index (κ1) is 22.7. The molecule has 170 valence electrons. The molecular formula is C24H18ClN5O4. The van der Waals surface area contributed by atoms with Crippen molar-refractivity contribution in [2.45, 2.75) is 6.61 Å². The molecule has 34 heavy (non-hydrogen) atoms. The second-order valence-electron chi connectivity index (χ2n) is 7.16. The quantitative estimate of drug-likeness (QED) is 0.211. The summed E-state index contributed by atoms with van der Waals surface area (Å²) in [5.74, 6) is 0.182. The predicted octanol–water partition coefficient (Wildman–Crippen LogP) is 4.98. The van der Waals surface area contributed by atoms with Crippen LogP contribution < -0.4 is 10.2 Å². The van der Waals surface area contributed by atoms with Gasteiger partial charge in [-0.3, -0.25) is 20.0 Å². The molecule has 1 amide bonds. The second kappa shape index (κ2) is 10.4. The monoisotopic (exact) mass is 475 g/mol. The number of nitro benzene ring substituents is 1. The number of nitro groups is 1. The molecule has 0 aliphatic carbocycles. The van der Waals surface area contributed by atoms with E-state index in [0.29, 0.717) is 28.6 Å². The molecule has 3 aromatic carbocycles. The van der Waals surface area contributed by atoms with Crippen LogP contribution in [0.25, 0.3) is 11.3 Å². The molecule has 1 heterocycles. The summed E-state index contributed by atoms with van der Waals surface area (Å²) in [6, 6.07) is 22.2. The van der Waals surface area contributed by atoms with Crippen LogP contribution in [-0.4, -0.2) is 27.2 Å². The number of hydrogen-bond donors (Lipinski definition) is 2. The Morgan fingerprint density at radius 1 is 1.12 bits per heavy atom. The average Bonchev–Trinajstić information content (AvgIpc) is 3.35. The number of aromatic nitrogens is 2. The van der Waals surface area contributed by atoms with Gasteiger partial charge in [0, 0.05) is 22.7 Å². The van der Waals surface area contributed by atoms with Crippen molar-refractivity contribution in [2.24, 2.45) is 5.10 Å². The molecular weight excluding hydrogens is 458 g/mol. The fourth-order valence-electron chi connectivity index (χ4n) is 2.99. The maximum absolute atomic E-state index is 12.4. The van der Waals surface area contributed by atoms with Crippen molar-refractivity contribution in [1.29, 1.82) is 0 Å². The SMILES string of the molecule is O=C(NN=Cc1ccc([N+](=O)[O-])cc1)c1cc(-c2cccc(OCc3ccc(Cl)cc3)c2)n[nH]1. The number of nitrogens with one attached hydrogen (secondary N) is 2. The minimum Gasteiger partial charge on any atom is -0.489 e. The van der Waals surface area contributed by atoms with Gasteiger partial charge in [0.1, 0.15) is 18.1 Å². The lowest BCUT2D eigenvalue weighted by Crippen LogP contribution is -2.17. The van der Waals surface area contributed by atoms with Crippen LogP contribution >= 0.6 is 11.6 Å². The second-order valence-corrected chi connectivity index (χ2v) is 7.59. The number of H-pyrrole nitrogens is 1. The normalized spacial score (nSPS) is 10.9. The van der Waals surface area contributed by atoms with Crippen LogP contribution in [0.3, 0.4) is 0 Å². The Hall–Kier alpha value is -4.50. The van der Waals surface area contributed by atoms with Crippen molar-refractivity contribution in [2.75, 3.05) is 0 Å². The van der Waals surface area contributed by atoms with Gasteiger partial charge in [0.15, 0.2) is 0 Å². The van der Waals surface area contributed by atoms with Crippen LogP contribution in [0.2, 0.25) is 5.02 Å². The molecule has 0 atom stereocenters. The van der Waals surface area contributed by atoms with Crippen LogP contribution in [0.1, 0.15) is 21.6 Å². The summed E-state index contributed by atoms with van der Waals surface area (Å²) in [4.78, 5) is 22.6. The first-order valence-corrected chi connectivity index (χ1v) is 10.5. The number of hydrazone groups is 1. The molecule has 1 aromatic heterocycles. The van der Waals surface area contributed by atoms with Crippen LogP contribution in [0, 0.1) is 10.1 Å². The Bertz CT molecular complexity index is 1330. The highest BCUT2D eigenvalue weighted by Crippen LogP contribution is 2.24. The zero-order valence-corrected chi connectivity index (χ0v) is 18.4. The highest BCUT2D eigenvalue weighted by Gasteiger charge is 2.11. The number of aromatic amines is 1. The third-order valence-electron chi connectivity index (χ3n) is 4.75. The summed E-state index contributed by atoms with van der Waals surface area (Å²) >= 11 is 5.91. The summed E-state index contributed by atoms with van der Waals surface area (Å²) in [7, 11) is 0. The topological polar surface area (TPSA) is 123 Å². The van der Waals surface area contributed by atoms with Crippen molar-refractivity contribution in [1.82, 2.24) is 15.6 Å². The van der Waals surface area contributed by atoms with Crippen LogP contribution in [0.5, 0.6) is 5.75 Å². The third kappa shape index (κ3) is 5.84. The zero-order valence-electron chi connectivity index (χ0n) is 17.6. The third-order valence-corrected chi connectivity index (χ3v) is 5.01. The molecule has 0 saturated heterocycles. The highest BCUT2D eigenvalue weighted by atomic mass is 35.5. The highest BCUT2D eigenvalue weighted by molar-refractivity contribution is 6.30. The van der Waals surface area contributed by atoms with E-state index in [1.54, 1.807) is 6.07 Å². The van der Waals surface area contributed by atoms with E-state index in [-0.39, 0.29) is 11.4 Å². The lowest BCUT2D eigenvalue weighted by atomic mass is 10.1. The standard InChI is InChI=1S/C24H18ClN5O4/c25-19-8-4-17(5-9-19)15-34-21-3-1-2-18(12-21)22-13-23(28-27-22)24(31)29-26-14-16-6-10-20(11-7-16)30(32)33/h1-14H,15H2,(H,27,28)(H,29,31). The lowest BCUT2D eigenvalue weighted by Gasteiger charge is -2.07. The molecule has 0 radical (unpaired) electrons. The van der Waals surface area contributed by atoms with Crippen molar-refractivity contribution in [3.8, 4) is 17.0 Å². The van der Waals surface area contributed by atoms with E-state index in [1.807, 2.05) is 48.5 Å². The van der Waals surface area contributed by atoms with Crippen LogP contribution in [0.15, 0.2) is 84.0 Å². The fraction of sp³-hybridized carbons (Fsp3) is 0.0417. The Labute approximate surface area is 199 Å². The molecule has 4 aromatic rings. The Kier molecular flexibility index (Phi) is 6.95. The Morgan fingerprint density at radius 3 is 2.62 bits per heavy atom. The van der Waals surface area contributed by atoms with Crippen LogP contribution in [0.4, 0.5) is 5.69 Å². The van der Waals surface area contributed by atoms with Gasteiger partial charge >= 0.3 is 0 Å².